The number of benzene rings is 2. The molecule has 0 saturated carbocycles. The van der Waals surface area contributed by atoms with Gasteiger partial charge in [-0.05, 0) is 36.5 Å². The second-order valence-electron chi connectivity index (χ2n) is 9.99. The van der Waals surface area contributed by atoms with E-state index in [-0.39, 0.29) is 30.4 Å². The SMILES string of the molecule is CC(C)C(=O)N(CC(=O)Nc1nc(-c2ccccc2)cn1-c1ccc(C(C)C)cc1)C[C@H]1CCCO1. The maximum absolute atomic E-state index is 13.2. The molecule has 2 aromatic carbocycles. The number of nitrogens with one attached hydrogen (secondary N) is 1. The Labute approximate surface area is 213 Å². The van der Waals surface area contributed by atoms with Crippen molar-refractivity contribution in [3.63, 3.8) is 0 Å². The van der Waals surface area contributed by atoms with Crippen molar-refractivity contribution >= 4 is 17.8 Å². The van der Waals surface area contributed by atoms with E-state index in [1.54, 1.807) is 4.90 Å². The highest BCUT2D eigenvalue weighted by molar-refractivity contribution is 5.94. The van der Waals surface area contributed by atoms with Crippen molar-refractivity contribution in [2.45, 2.75) is 52.6 Å². The average molecular weight is 489 g/mol. The Morgan fingerprint density at radius 3 is 2.42 bits per heavy atom. The molecule has 36 heavy (non-hydrogen) atoms. The summed E-state index contributed by atoms with van der Waals surface area (Å²) in [6.45, 7) is 9.10. The maximum Gasteiger partial charge on any atom is 0.246 e. The van der Waals surface area contributed by atoms with Crippen LogP contribution in [0.15, 0.2) is 60.8 Å². The van der Waals surface area contributed by atoms with Crippen molar-refractivity contribution in [2.24, 2.45) is 5.92 Å². The second-order valence-corrected chi connectivity index (χ2v) is 9.99. The number of carbonyl (C=O) groups excluding carboxylic acids is 2. The molecule has 1 N–H and O–H groups in total. The molecule has 0 spiro atoms. The van der Waals surface area contributed by atoms with Crippen LogP contribution in [0, 0.1) is 5.92 Å². The minimum absolute atomic E-state index is 0.0216. The summed E-state index contributed by atoms with van der Waals surface area (Å²) >= 11 is 0. The zero-order valence-electron chi connectivity index (χ0n) is 21.6. The molecule has 1 atom stereocenters. The summed E-state index contributed by atoms with van der Waals surface area (Å²) in [7, 11) is 0. The van der Waals surface area contributed by atoms with Gasteiger partial charge in [-0.2, -0.15) is 0 Å². The van der Waals surface area contributed by atoms with Crippen LogP contribution in [0.25, 0.3) is 16.9 Å². The molecule has 7 heteroatoms. The molecule has 2 heterocycles. The monoisotopic (exact) mass is 488 g/mol. The topological polar surface area (TPSA) is 76.5 Å². The molecule has 7 nitrogen and oxygen atoms in total. The van der Waals surface area contributed by atoms with Gasteiger partial charge < -0.3 is 9.64 Å². The number of imidazole rings is 1. The molecule has 3 aromatic rings. The third kappa shape index (κ3) is 6.21. The fraction of sp³-hybridized carbons (Fsp3) is 0.414. The molecule has 0 radical (unpaired) electrons. The minimum atomic E-state index is -0.285. The van der Waals surface area contributed by atoms with Crippen LogP contribution in [0.1, 0.15) is 52.0 Å². The van der Waals surface area contributed by atoms with Gasteiger partial charge >= 0.3 is 0 Å². The smallest absolute Gasteiger partial charge is 0.246 e. The van der Waals surface area contributed by atoms with Crippen LogP contribution in [0.3, 0.4) is 0 Å². The average Bonchev–Trinajstić information content (AvgIpc) is 3.54. The molecule has 1 saturated heterocycles. The summed E-state index contributed by atoms with van der Waals surface area (Å²) in [6.07, 6.45) is 3.79. The van der Waals surface area contributed by atoms with Crippen LogP contribution < -0.4 is 5.32 Å². The molecule has 0 bridgehead atoms. The number of carbonyl (C=O) groups is 2. The Bertz CT molecular complexity index is 1160. The normalized spacial score (nSPS) is 15.4. The lowest BCUT2D eigenvalue weighted by Gasteiger charge is -2.26. The molecule has 2 amide bonds. The van der Waals surface area contributed by atoms with E-state index in [0.717, 1.165) is 29.8 Å². The van der Waals surface area contributed by atoms with Crippen molar-refractivity contribution in [1.82, 2.24) is 14.5 Å². The van der Waals surface area contributed by atoms with Crippen LogP contribution in [-0.4, -0.2) is 52.1 Å². The van der Waals surface area contributed by atoms with Crippen molar-refractivity contribution in [3.8, 4) is 16.9 Å². The van der Waals surface area contributed by atoms with Crippen LogP contribution in [-0.2, 0) is 14.3 Å². The van der Waals surface area contributed by atoms with Gasteiger partial charge in [0.15, 0.2) is 0 Å². The van der Waals surface area contributed by atoms with Gasteiger partial charge in [-0.1, -0.05) is 70.2 Å². The highest BCUT2D eigenvalue weighted by Gasteiger charge is 2.26. The van der Waals surface area contributed by atoms with Gasteiger partial charge in [-0.15, -0.1) is 0 Å². The van der Waals surface area contributed by atoms with E-state index >= 15 is 0 Å². The molecule has 1 aromatic heterocycles. The third-order valence-electron chi connectivity index (χ3n) is 6.45. The molecule has 0 aliphatic carbocycles. The lowest BCUT2D eigenvalue weighted by atomic mass is 10.0. The third-order valence-corrected chi connectivity index (χ3v) is 6.45. The van der Waals surface area contributed by atoms with E-state index in [1.165, 1.54) is 5.56 Å². The zero-order chi connectivity index (χ0) is 25.7. The first-order valence-electron chi connectivity index (χ1n) is 12.8. The van der Waals surface area contributed by atoms with E-state index in [4.69, 9.17) is 9.72 Å². The van der Waals surface area contributed by atoms with Gasteiger partial charge in [-0.25, -0.2) is 4.98 Å². The molecule has 4 rings (SSSR count). The van der Waals surface area contributed by atoms with Crippen molar-refractivity contribution in [2.75, 3.05) is 25.0 Å². The Morgan fingerprint density at radius 1 is 1.08 bits per heavy atom. The predicted molar refractivity (Wildman–Crippen MR) is 142 cm³/mol. The van der Waals surface area contributed by atoms with Gasteiger partial charge in [0.25, 0.3) is 0 Å². The van der Waals surface area contributed by atoms with Gasteiger partial charge in [-0.3, -0.25) is 19.5 Å². The highest BCUT2D eigenvalue weighted by Crippen LogP contribution is 2.25. The van der Waals surface area contributed by atoms with Crippen LogP contribution >= 0.6 is 0 Å². The fourth-order valence-electron chi connectivity index (χ4n) is 4.40. The molecule has 1 aliphatic heterocycles. The summed E-state index contributed by atoms with van der Waals surface area (Å²) in [4.78, 5) is 32.4. The lowest BCUT2D eigenvalue weighted by Crippen LogP contribution is -2.44. The molecule has 1 fully saturated rings. The number of anilines is 1. The standard InChI is InChI=1S/C29H36N4O3/c1-20(2)22-12-14-24(15-13-22)33-18-26(23-9-6-5-7-10-23)30-29(33)31-27(34)19-32(28(35)21(3)4)17-25-11-8-16-36-25/h5-7,9-10,12-15,18,20-21,25H,8,11,16-17,19H2,1-4H3,(H,30,31,34)/t25-/m1/s1. The summed E-state index contributed by atoms with van der Waals surface area (Å²) in [5, 5.41) is 2.96. The Hall–Kier alpha value is -3.45. The Kier molecular flexibility index (Phi) is 8.21. The zero-order valence-corrected chi connectivity index (χ0v) is 21.6. The summed E-state index contributed by atoms with van der Waals surface area (Å²) < 4.78 is 7.61. The van der Waals surface area contributed by atoms with Gasteiger partial charge in [0.1, 0.15) is 6.54 Å². The lowest BCUT2D eigenvalue weighted by molar-refractivity contribution is -0.139. The fourth-order valence-corrected chi connectivity index (χ4v) is 4.40. The number of nitrogens with zero attached hydrogens (tertiary/aromatic N) is 3. The number of hydrogen-bond acceptors (Lipinski definition) is 4. The molecule has 190 valence electrons. The first kappa shape index (κ1) is 25.6. The number of aromatic nitrogens is 2. The van der Waals surface area contributed by atoms with E-state index in [2.05, 4.69) is 31.3 Å². The van der Waals surface area contributed by atoms with Crippen molar-refractivity contribution in [3.05, 3.63) is 66.4 Å². The number of rotatable bonds is 9. The van der Waals surface area contributed by atoms with Crippen LogP contribution in [0.2, 0.25) is 0 Å². The highest BCUT2D eigenvalue weighted by atomic mass is 16.5. The minimum Gasteiger partial charge on any atom is -0.376 e. The van der Waals surface area contributed by atoms with E-state index in [0.29, 0.717) is 25.0 Å². The van der Waals surface area contributed by atoms with E-state index in [1.807, 2.05) is 67.1 Å². The quantitative estimate of drug-likeness (QED) is 0.445. The molecular formula is C29H36N4O3. The Morgan fingerprint density at radius 2 is 1.81 bits per heavy atom. The summed E-state index contributed by atoms with van der Waals surface area (Å²) in [6, 6.07) is 18.1. The van der Waals surface area contributed by atoms with Gasteiger partial charge in [0, 0.05) is 36.5 Å². The largest absolute Gasteiger partial charge is 0.376 e. The van der Waals surface area contributed by atoms with Crippen molar-refractivity contribution < 1.29 is 14.3 Å². The molecule has 1 aliphatic rings. The Balaban J connectivity index is 1.59. The van der Waals surface area contributed by atoms with E-state index in [9.17, 15) is 9.59 Å². The first-order valence-corrected chi connectivity index (χ1v) is 12.8. The first-order chi connectivity index (χ1) is 17.3. The molecule has 0 unspecified atom stereocenters. The number of ether oxygens (including phenoxy) is 1. The number of hydrogen-bond donors (Lipinski definition) is 1. The van der Waals surface area contributed by atoms with Gasteiger partial charge in [0.05, 0.1) is 11.8 Å². The summed E-state index contributed by atoms with van der Waals surface area (Å²) in [5.74, 6) is 0.301. The summed E-state index contributed by atoms with van der Waals surface area (Å²) in [5.41, 5.74) is 3.86. The molecular weight excluding hydrogens is 452 g/mol. The van der Waals surface area contributed by atoms with Gasteiger partial charge in [0.2, 0.25) is 17.8 Å². The maximum atomic E-state index is 13.2. The van der Waals surface area contributed by atoms with Crippen LogP contribution in [0.4, 0.5) is 5.95 Å². The predicted octanol–water partition coefficient (Wildman–Crippen LogP) is 5.26. The van der Waals surface area contributed by atoms with Crippen molar-refractivity contribution in [1.29, 1.82) is 0 Å². The number of amides is 2. The van der Waals surface area contributed by atoms with Crippen LogP contribution in [0.5, 0.6) is 0 Å². The second kappa shape index (κ2) is 11.5. The van der Waals surface area contributed by atoms with E-state index < -0.39 is 0 Å².